The first-order valence-corrected chi connectivity index (χ1v) is 12.2. The quantitative estimate of drug-likeness (QED) is 0.228. The molecule has 0 amide bonds. The van der Waals surface area contributed by atoms with E-state index >= 15 is 0 Å². The Balaban J connectivity index is 1.49. The molecule has 15 heteroatoms. The third-order valence-electron chi connectivity index (χ3n) is 6.01. The Labute approximate surface area is 204 Å². The van der Waals surface area contributed by atoms with Crippen molar-refractivity contribution in [3.05, 3.63) is 28.3 Å². The van der Waals surface area contributed by atoms with E-state index in [1.54, 1.807) is 6.07 Å². The van der Waals surface area contributed by atoms with Crippen LogP contribution in [0.5, 0.6) is 0 Å². The number of piperidine rings is 2. The van der Waals surface area contributed by atoms with Crippen LogP contribution in [0.2, 0.25) is 0 Å². The van der Waals surface area contributed by atoms with E-state index in [1.165, 1.54) is 23.5 Å². The van der Waals surface area contributed by atoms with Gasteiger partial charge < -0.3 is 32.7 Å². The average molecular weight is 501 g/mol. The van der Waals surface area contributed by atoms with Crippen molar-refractivity contribution in [1.29, 1.82) is 0 Å². The number of rotatable bonds is 5. The maximum Gasteiger partial charge on any atom is 0.270 e. The SMILES string of the molecule is N[C@@H]1C[C@H](N)CN(c2nc(Nc3nc4ccc([N+](=O)[O-])cc4s3)nc(N3C[C@H](N)C[C@H](N)C3)n2)C1. The standard InChI is InChI=1S/C20H28N12O2S/c21-10-3-11(22)7-30(6-10)18-26-17(27-19(29-18)31-8-12(23)4-13(24)9-31)28-20-25-15-2-1-14(32(33)34)5-16(15)35-20/h1-2,5,10-13H,3-4,6-9,21-24H2,(H,25,26,27,28,29)/t10-,11+,12-,13+. The highest BCUT2D eigenvalue weighted by molar-refractivity contribution is 7.22. The molecule has 2 saturated heterocycles. The Hall–Kier alpha value is -3.24. The summed E-state index contributed by atoms with van der Waals surface area (Å²) in [5, 5.41) is 14.8. The summed E-state index contributed by atoms with van der Waals surface area (Å²) in [7, 11) is 0. The molecule has 3 aromatic rings. The van der Waals surface area contributed by atoms with Gasteiger partial charge in [0.1, 0.15) is 0 Å². The molecular formula is C20H28N12O2S. The van der Waals surface area contributed by atoms with Crippen LogP contribution in [0.15, 0.2) is 18.2 Å². The smallest absolute Gasteiger partial charge is 0.270 e. The van der Waals surface area contributed by atoms with Gasteiger partial charge in [-0.2, -0.15) is 15.0 Å². The first kappa shape index (κ1) is 23.5. The first-order chi connectivity index (χ1) is 16.7. The molecule has 4 heterocycles. The fraction of sp³-hybridized carbons (Fsp3) is 0.500. The molecule has 0 saturated carbocycles. The highest BCUT2D eigenvalue weighted by atomic mass is 32.1. The van der Waals surface area contributed by atoms with Crippen molar-refractivity contribution in [2.45, 2.75) is 37.0 Å². The lowest BCUT2D eigenvalue weighted by Crippen LogP contribution is -2.54. The van der Waals surface area contributed by atoms with Gasteiger partial charge in [0, 0.05) is 62.5 Å². The molecule has 0 bridgehead atoms. The predicted octanol–water partition coefficient (Wildman–Crippen LogP) is -0.137. The zero-order chi connectivity index (χ0) is 24.7. The summed E-state index contributed by atoms with van der Waals surface area (Å²) >= 11 is 1.27. The van der Waals surface area contributed by atoms with Crippen LogP contribution in [0, 0.1) is 10.1 Å². The topological polar surface area (TPSA) is 217 Å². The Morgan fingerprint density at radius 2 is 1.43 bits per heavy atom. The largest absolute Gasteiger partial charge is 0.338 e. The molecule has 186 valence electrons. The van der Waals surface area contributed by atoms with E-state index in [-0.39, 0.29) is 29.9 Å². The van der Waals surface area contributed by atoms with Gasteiger partial charge >= 0.3 is 0 Å². The second kappa shape index (κ2) is 9.43. The van der Waals surface area contributed by atoms with Gasteiger partial charge in [-0.3, -0.25) is 15.4 Å². The molecule has 35 heavy (non-hydrogen) atoms. The molecule has 4 atom stereocenters. The van der Waals surface area contributed by atoms with Gasteiger partial charge in [0.15, 0.2) is 5.13 Å². The molecule has 2 fully saturated rings. The lowest BCUT2D eigenvalue weighted by molar-refractivity contribution is -0.384. The highest BCUT2D eigenvalue weighted by Gasteiger charge is 2.29. The third-order valence-corrected chi connectivity index (χ3v) is 6.94. The zero-order valence-electron chi connectivity index (χ0n) is 18.9. The molecule has 0 spiro atoms. The summed E-state index contributed by atoms with van der Waals surface area (Å²) in [5.41, 5.74) is 25.4. The van der Waals surface area contributed by atoms with Crippen molar-refractivity contribution >= 4 is 50.2 Å². The number of hydrogen-bond donors (Lipinski definition) is 5. The normalized spacial score (nSPS) is 25.1. The van der Waals surface area contributed by atoms with Gasteiger partial charge in [0.05, 0.1) is 15.1 Å². The molecule has 1 aromatic carbocycles. The lowest BCUT2D eigenvalue weighted by Gasteiger charge is -2.36. The Morgan fingerprint density at radius 3 is 1.94 bits per heavy atom. The van der Waals surface area contributed by atoms with Gasteiger partial charge in [-0.25, -0.2) is 4.98 Å². The summed E-state index contributed by atoms with van der Waals surface area (Å²) in [4.78, 5) is 33.1. The van der Waals surface area contributed by atoms with Crippen molar-refractivity contribution < 1.29 is 4.92 Å². The van der Waals surface area contributed by atoms with Crippen molar-refractivity contribution in [1.82, 2.24) is 19.9 Å². The summed E-state index contributed by atoms with van der Waals surface area (Å²) in [5.74, 6) is 1.19. The maximum absolute atomic E-state index is 11.1. The van der Waals surface area contributed by atoms with Gasteiger partial charge in [0.2, 0.25) is 17.8 Å². The molecular weight excluding hydrogens is 472 g/mol. The van der Waals surface area contributed by atoms with Crippen LogP contribution < -0.4 is 38.1 Å². The average Bonchev–Trinajstić information content (AvgIpc) is 3.19. The zero-order valence-corrected chi connectivity index (χ0v) is 19.8. The van der Waals surface area contributed by atoms with Gasteiger partial charge in [0.25, 0.3) is 5.69 Å². The van der Waals surface area contributed by atoms with Crippen LogP contribution in [0.25, 0.3) is 10.2 Å². The van der Waals surface area contributed by atoms with E-state index < -0.39 is 4.92 Å². The molecule has 14 nitrogen and oxygen atoms in total. The third kappa shape index (κ3) is 5.23. The lowest BCUT2D eigenvalue weighted by atomic mass is 10.0. The van der Waals surface area contributed by atoms with Crippen molar-refractivity contribution in [2.75, 3.05) is 41.3 Å². The van der Waals surface area contributed by atoms with Crippen LogP contribution >= 0.6 is 11.3 Å². The van der Waals surface area contributed by atoms with E-state index in [2.05, 4.69) is 20.3 Å². The summed E-state index contributed by atoms with van der Waals surface area (Å²) in [6.07, 6.45) is 1.46. The molecule has 2 aromatic heterocycles. The summed E-state index contributed by atoms with van der Waals surface area (Å²) in [6.45, 7) is 2.28. The number of benzene rings is 1. The number of non-ortho nitro benzene ring substituents is 1. The molecule has 0 unspecified atom stereocenters. The second-order valence-corrected chi connectivity index (χ2v) is 10.2. The van der Waals surface area contributed by atoms with Gasteiger partial charge in [-0.1, -0.05) is 11.3 Å². The van der Waals surface area contributed by atoms with Crippen LogP contribution in [0.3, 0.4) is 0 Å². The molecule has 2 aliphatic rings. The van der Waals surface area contributed by atoms with E-state index in [1.807, 2.05) is 9.80 Å². The first-order valence-electron chi connectivity index (χ1n) is 11.3. The van der Waals surface area contributed by atoms with E-state index in [4.69, 9.17) is 27.9 Å². The van der Waals surface area contributed by atoms with Crippen molar-refractivity contribution in [3.8, 4) is 0 Å². The predicted molar refractivity (Wildman–Crippen MR) is 135 cm³/mol. The number of nitro benzene ring substituents is 1. The fourth-order valence-electron chi connectivity index (χ4n) is 4.55. The molecule has 0 aliphatic carbocycles. The molecule has 0 radical (unpaired) electrons. The number of nitrogens with zero attached hydrogens (tertiary/aromatic N) is 7. The number of fused-ring (bicyclic) bond motifs is 1. The van der Waals surface area contributed by atoms with E-state index in [0.29, 0.717) is 59.4 Å². The number of nitrogens with one attached hydrogen (secondary N) is 1. The number of nitrogens with two attached hydrogens (primary N) is 4. The second-order valence-electron chi connectivity index (χ2n) is 9.13. The number of aromatic nitrogens is 4. The van der Waals surface area contributed by atoms with Crippen molar-refractivity contribution in [3.63, 3.8) is 0 Å². The maximum atomic E-state index is 11.1. The molecule has 9 N–H and O–H groups in total. The Bertz CT molecular complexity index is 1170. The Morgan fingerprint density at radius 1 is 0.886 bits per heavy atom. The number of hydrogen-bond acceptors (Lipinski definition) is 14. The monoisotopic (exact) mass is 500 g/mol. The minimum Gasteiger partial charge on any atom is -0.338 e. The number of nitro groups is 1. The van der Waals surface area contributed by atoms with Gasteiger partial charge in [-0.15, -0.1) is 0 Å². The minimum atomic E-state index is -0.432. The summed E-state index contributed by atoms with van der Waals surface area (Å²) in [6, 6.07) is 4.18. The number of anilines is 4. The van der Waals surface area contributed by atoms with E-state index in [9.17, 15) is 10.1 Å². The van der Waals surface area contributed by atoms with Crippen LogP contribution in [-0.4, -0.2) is 75.2 Å². The molecule has 2 aliphatic heterocycles. The minimum absolute atomic E-state index is 0.00739. The number of thiazole rings is 1. The van der Waals surface area contributed by atoms with Gasteiger partial charge in [-0.05, 0) is 18.9 Å². The van der Waals surface area contributed by atoms with E-state index in [0.717, 1.165) is 12.8 Å². The van der Waals surface area contributed by atoms with Crippen LogP contribution in [-0.2, 0) is 0 Å². The molecule has 5 rings (SSSR count). The van der Waals surface area contributed by atoms with Crippen LogP contribution in [0.1, 0.15) is 12.8 Å². The van der Waals surface area contributed by atoms with Crippen molar-refractivity contribution in [2.24, 2.45) is 22.9 Å². The Kier molecular flexibility index (Phi) is 6.33. The van der Waals surface area contributed by atoms with Crippen LogP contribution in [0.4, 0.5) is 28.7 Å². The highest BCUT2D eigenvalue weighted by Crippen LogP contribution is 2.31. The fourth-order valence-corrected chi connectivity index (χ4v) is 5.45. The summed E-state index contributed by atoms with van der Waals surface area (Å²) < 4.78 is 0.678.